The molecule has 1 unspecified atom stereocenters. The lowest BCUT2D eigenvalue weighted by Crippen LogP contribution is -2.19. The standard InChI is InChI=1S/C11H14N2O/c14-11(10-3-5-13-8-10)6-9-2-1-4-12-7-9/h1-2,4,7,10,13H,3,5-6,8H2. The van der Waals surface area contributed by atoms with Gasteiger partial charge in [-0.2, -0.15) is 0 Å². The fourth-order valence-electron chi connectivity index (χ4n) is 1.78. The van der Waals surface area contributed by atoms with E-state index in [2.05, 4.69) is 10.3 Å². The highest BCUT2D eigenvalue weighted by Crippen LogP contribution is 2.11. The maximum Gasteiger partial charge on any atom is 0.141 e. The fourth-order valence-corrected chi connectivity index (χ4v) is 1.78. The molecule has 2 heterocycles. The van der Waals surface area contributed by atoms with Crippen molar-refractivity contribution >= 4 is 5.78 Å². The van der Waals surface area contributed by atoms with Gasteiger partial charge in [0.1, 0.15) is 5.78 Å². The highest BCUT2D eigenvalue weighted by atomic mass is 16.1. The highest BCUT2D eigenvalue weighted by Gasteiger charge is 2.21. The maximum absolute atomic E-state index is 11.7. The number of hydrogen-bond donors (Lipinski definition) is 1. The molecular weight excluding hydrogens is 176 g/mol. The zero-order chi connectivity index (χ0) is 9.80. The van der Waals surface area contributed by atoms with Gasteiger partial charge in [-0.15, -0.1) is 0 Å². The molecule has 0 radical (unpaired) electrons. The van der Waals surface area contributed by atoms with Crippen LogP contribution in [0.4, 0.5) is 0 Å². The predicted octanol–water partition coefficient (Wildman–Crippen LogP) is 0.803. The van der Waals surface area contributed by atoms with Gasteiger partial charge in [0.25, 0.3) is 0 Å². The topological polar surface area (TPSA) is 42.0 Å². The van der Waals surface area contributed by atoms with Crippen molar-refractivity contribution in [3.8, 4) is 0 Å². The number of ketones is 1. The van der Waals surface area contributed by atoms with E-state index in [1.807, 2.05) is 12.1 Å². The third-order valence-electron chi connectivity index (χ3n) is 2.62. The zero-order valence-electron chi connectivity index (χ0n) is 8.07. The summed E-state index contributed by atoms with van der Waals surface area (Å²) in [6, 6.07) is 3.82. The minimum Gasteiger partial charge on any atom is -0.316 e. The van der Waals surface area contributed by atoms with Gasteiger partial charge in [0.15, 0.2) is 0 Å². The Labute approximate surface area is 83.5 Å². The second-order valence-electron chi connectivity index (χ2n) is 3.69. The van der Waals surface area contributed by atoms with Crippen LogP contribution in [0.3, 0.4) is 0 Å². The van der Waals surface area contributed by atoms with E-state index in [0.717, 1.165) is 25.1 Å². The molecule has 0 saturated carbocycles. The molecule has 2 rings (SSSR count). The minimum atomic E-state index is 0.218. The van der Waals surface area contributed by atoms with Crippen LogP contribution >= 0.6 is 0 Å². The molecule has 0 aromatic carbocycles. The second-order valence-corrected chi connectivity index (χ2v) is 3.69. The van der Waals surface area contributed by atoms with Crippen molar-refractivity contribution in [2.75, 3.05) is 13.1 Å². The Morgan fingerprint density at radius 2 is 2.57 bits per heavy atom. The molecule has 74 valence electrons. The van der Waals surface area contributed by atoms with Gasteiger partial charge >= 0.3 is 0 Å². The molecule has 3 heteroatoms. The molecule has 1 aromatic heterocycles. The van der Waals surface area contributed by atoms with Crippen LogP contribution in [0.15, 0.2) is 24.5 Å². The Morgan fingerprint density at radius 1 is 1.64 bits per heavy atom. The molecule has 0 spiro atoms. The summed E-state index contributed by atoms with van der Waals surface area (Å²) < 4.78 is 0. The number of nitrogens with zero attached hydrogens (tertiary/aromatic N) is 1. The summed E-state index contributed by atoms with van der Waals surface area (Å²) in [7, 11) is 0. The van der Waals surface area contributed by atoms with Crippen LogP contribution in [0.2, 0.25) is 0 Å². The van der Waals surface area contributed by atoms with Crippen molar-refractivity contribution in [3.05, 3.63) is 30.1 Å². The molecule has 1 saturated heterocycles. The van der Waals surface area contributed by atoms with E-state index >= 15 is 0 Å². The molecule has 1 atom stereocenters. The number of carbonyl (C=O) groups is 1. The molecule has 1 N–H and O–H groups in total. The van der Waals surface area contributed by atoms with Crippen LogP contribution < -0.4 is 5.32 Å². The van der Waals surface area contributed by atoms with Crippen molar-refractivity contribution in [1.82, 2.24) is 10.3 Å². The third kappa shape index (κ3) is 2.17. The van der Waals surface area contributed by atoms with E-state index < -0.39 is 0 Å². The second kappa shape index (κ2) is 4.33. The summed E-state index contributed by atoms with van der Waals surface area (Å²) >= 11 is 0. The third-order valence-corrected chi connectivity index (χ3v) is 2.62. The molecule has 3 nitrogen and oxygen atoms in total. The van der Waals surface area contributed by atoms with E-state index in [0.29, 0.717) is 12.2 Å². The van der Waals surface area contributed by atoms with Crippen LogP contribution in [0.1, 0.15) is 12.0 Å². The van der Waals surface area contributed by atoms with Crippen LogP contribution in [0.5, 0.6) is 0 Å². The Morgan fingerprint density at radius 3 is 3.21 bits per heavy atom. The quantitative estimate of drug-likeness (QED) is 0.766. The average molecular weight is 190 g/mol. The summed E-state index contributed by atoms with van der Waals surface area (Å²) in [6.45, 7) is 1.82. The van der Waals surface area contributed by atoms with Crippen molar-refractivity contribution in [1.29, 1.82) is 0 Å². The first-order valence-electron chi connectivity index (χ1n) is 4.98. The van der Waals surface area contributed by atoms with Crippen LogP contribution in [-0.4, -0.2) is 23.9 Å². The van der Waals surface area contributed by atoms with Crippen molar-refractivity contribution in [3.63, 3.8) is 0 Å². The molecule has 0 bridgehead atoms. The molecule has 1 aliphatic heterocycles. The van der Waals surface area contributed by atoms with E-state index in [1.54, 1.807) is 12.4 Å². The van der Waals surface area contributed by atoms with Gasteiger partial charge in [-0.3, -0.25) is 9.78 Å². The maximum atomic E-state index is 11.7. The lowest BCUT2D eigenvalue weighted by molar-refractivity contribution is -0.121. The number of carbonyl (C=O) groups excluding carboxylic acids is 1. The van der Waals surface area contributed by atoms with Gasteiger partial charge in [-0.05, 0) is 24.6 Å². The van der Waals surface area contributed by atoms with Crippen LogP contribution in [0.25, 0.3) is 0 Å². The first-order valence-corrected chi connectivity index (χ1v) is 4.98. The zero-order valence-corrected chi connectivity index (χ0v) is 8.07. The lowest BCUT2D eigenvalue weighted by atomic mass is 9.98. The van der Waals surface area contributed by atoms with Gasteiger partial charge < -0.3 is 5.32 Å². The number of Topliss-reactive ketones (excluding diaryl/α,β-unsaturated/α-hetero) is 1. The summed E-state index contributed by atoms with van der Waals surface area (Å²) in [4.78, 5) is 15.7. The Kier molecular flexibility index (Phi) is 2.89. The van der Waals surface area contributed by atoms with Crippen LogP contribution in [-0.2, 0) is 11.2 Å². The van der Waals surface area contributed by atoms with Crippen molar-refractivity contribution in [2.45, 2.75) is 12.8 Å². The SMILES string of the molecule is O=C(Cc1cccnc1)C1CCNC1. The molecule has 0 amide bonds. The van der Waals surface area contributed by atoms with Crippen molar-refractivity contribution < 1.29 is 4.79 Å². The number of rotatable bonds is 3. The van der Waals surface area contributed by atoms with E-state index in [-0.39, 0.29) is 5.92 Å². The van der Waals surface area contributed by atoms with Crippen LogP contribution in [0, 0.1) is 5.92 Å². The minimum absolute atomic E-state index is 0.218. The van der Waals surface area contributed by atoms with Gasteiger partial charge in [0.2, 0.25) is 0 Å². The monoisotopic (exact) mass is 190 g/mol. The van der Waals surface area contributed by atoms with Gasteiger partial charge in [0.05, 0.1) is 0 Å². The summed E-state index contributed by atoms with van der Waals surface area (Å²) in [6.07, 6.45) is 5.00. The smallest absolute Gasteiger partial charge is 0.141 e. The number of pyridine rings is 1. The number of hydrogen-bond acceptors (Lipinski definition) is 3. The van der Waals surface area contributed by atoms with Gasteiger partial charge in [-0.25, -0.2) is 0 Å². The van der Waals surface area contributed by atoms with Gasteiger partial charge in [0, 0.05) is 31.3 Å². The fraction of sp³-hybridized carbons (Fsp3) is 0.455. The number of nitrogens with one attached hydrogen (secondary N) is 1. The first kappa shape index (κ1) is 9.34. The van der Waals surface area contributed by atoms with Crippen molar-refractivity contribution in [2.24, 2.45) is 5.92 Å². The van der Waals surface area contributed by atoms with E-state index in [1.165, 1.54) is 0 Å². The van der Waals surface area contributed by atoms with Gasteiger partial charge in [-0.1, -0.05) is 6.07 Å². The Bertz CT molecular complexity index is 304. The first-order chi connectivity index (χ1) is 6.86. The molecule has 1 aromatic rings. The summed E-state index contributed by atoms with van der Waals surface area (Å²) in [5.41, 5.74) is 1.02. The molecular formula is C11H14N2O. The normalized spacial score (nSPS) is 21.0. The largest absolute Gasteiger partial charge is 0.316 e. The molecule has 1 aliphatic rings. The summed E-state index contributed by atoms with van der Waals surface area (Å²) in [5, 5.41) is 3.20. The molecule has 0 aliphatic carbocycles. The average Bonchev–Trinajstić information content (AvgIpc) is 2.72. The number of aromatic nitrogens is 1. The lowest BCUT2D eigenvalue weighted by Gasteiger charge is -2.06. The molecule has 14 heavy (non-hydrogen) atoms. The molecule has 1 fully saturated rings. The van der Waals surface area contributed by atoms with E-state index in [9.17, 15) is 4.79 Å². The predicted molar refractivity (Wildman–Crippen MR) is 53.9 cm³/mol. The highest BCUT2D eigenvalue weighted by molar-refractivity contribution is 5.83. The Balaban J connectivity index is 1.94. The summed E-state index contributed by atoms with van der Waals surface area (Å²) in [5.74, 6) is 0.554. The Hall–Kier alpha value is -1.22. The van der Waals surface area contributed by atoms with E-state index in [4.69, 9.17) is 0 Å².